The molecule has 1 heterocycles. The molecule has 0 unspecified atom stereocenters. The molecule has 0 radical (unpaired) electrons. The first-order chi connectivity index (χ1) is 11.8. The highest BCUT2D eigenvalue weighted by atomic mass is 16.2. The van der Waals surface area contributed by atoms with Crippen LogP contribution in [0.25, 0.3) is 0 Å². The largest absolute Gasteiger partial charge is 0.372 e. The maximum absolute atomic E-state index is 12.5. The lowest BCUT2D eigenvalue weighted by atomic mass is 9.91. The van der Waals surface area contributed by atoms with Gasteiger partial charge in [-0.3, -0.25) is 9.59 Å². The quantitative estimate of drug-likeness (QED) is 0.777. The number of carbonyl (C=O) groups excluding carboxylic acids is 2. The minimum atomic E-state index is -1.10. The molecule has 1 aromatic carbocycles. The molecule has 1 aromatic rings. The van der Waals surface area contributed by atoms with Crippen molar-refractivity contribution in [1.82, 2.24) is 5.32 Å². The van der Waals surface area contributed by atoms with Crippen LogP contribution >= 0.6 is 0 Å². The fourth-order valence-electron chi connectivity index (χ4n) is 2.87. The number of rotatable bonds is 6. The second-order valence-corrected chi connectivity index (χ2v) is 7.55. The number of hydrogen-bond donors (Lipinski definition) is 2. The van der Waals surface area contributed by atoms with Gasteiger partial charge in [0, 0.05) is 31.0 Å². The molecule has 0 saturated carbocycles. The minimum Gasteiger partial charge on any atom is -0.372 e. The molecule has 1 aliphatic heterocycles. The van der Waals surface area contributed by atoms with Crippen LogP contribution in [0, 0.1) is 11.3 Å². The van der Waals surface area contributed by atoms with Crippen LogP contribution in [-0.2, 0) is 9.59 Å². The number of amides is 2. The zero-order valence-corrected chi connectivity index (χ0v) is 15.9. The molecule has 0 aromatic heterocycles. The molecule has 2 amide bonds. The van der Waals surface area contributed by atoms with Gasteiger partial charge in [0.2, 0.25) is 11.8 Å². The van der Waals surface area contributed by atoms with Crippen LogP contribution in [0.3, 0.4) is 0 Å². The van der Waals surface area contributed by atoms with Crippen molar-refractivity contribution in [3.63, 3.8) is 0 Å². The Bertz CT molecular complexity index is 587. The van der Waals surface area contributed by atoms with Gasteiger partial charge in [0.25, 0.3) is 0 Å². The Morgan fingerprint density at radius 3 is 2.28 bits per heavy atom. The first kappa shape index (κ1) is 19.3. The van der Waals surface area contributed by atoms with Gasteiger partial charge in [0.05, 0.1) is 0 Å². The number of benzene rings is 1. The lowest BCUT2D eigenvalue weighted by molar-refractivity contribution is -0.138. The summed E-state index contributed by atoms with van der Waals surface area (Å²) >= 11 is 0. The number of nitrogens with one attached hydrogen (secondary N) is 2. The monoisotopic (exact) mass is 345 g/mol. The van der Waals surface area contributed by atoms with Gasteiger partial charge in [0.15, 0.2) is 0 Å². The summed E-state index contributed by atoms with van der Waals surface area (Å²) in [7, 11) is 0. The van der Waals surface area contributed by atoms with Crippen LogP contribution < -0.4 is 15.5 Å². The Morgan fingerprint density at radius 1 is 1.12 bits per heavy atom. The number of anilines is 2. The molecule has 1 saturated heterocycles. The van der Waals surface area contributed by atoms with E-state index in [1.54, 1.807) is 13.8 Å². The second-order valence-electron chi connectivity index (χ2n) is 7.55. The Hall–Kier alpha value is -2.04. The first-order valence-electron chi connectivity index (χ1n) is 9.29. The van der Waals surface area contributed by atoms with Crippen molar-refractivity contribution in [2.75, 3.05) is 29.9 Å². The van der Waals surface area contributed by atoms with Crippen molar-refractivity contribution in [3.8, 4) is 0 Å². The van der Waals surface area contributed by atoms with E-state index in [1.807, 2.05) is 31.2 Å². The van der Waals surface area contributed by atoms with Crippen molar-refractivity contribution in [3.05, 3.63) is 24.3 Å². The molecule has 2 rings (SSSR count). The molecule has 138 valence electrons. The van der Waals surface area contributed by atoms with Crippen LogP contribution in [0.1, 0.15) is 47.0 Å². The average molecular weight is 345 g/mol. The van der Waals surface area contributed by atoms with E-state index in [2.05, 4.69) is 22.5 Å². The summed E-state index contributed by atoms with van der Waals surface area (Å²) in [6.45, 7) is 10.3. The lowest BCUT2D eigenvalue weighted by Crippen LogP contribution is -2.45. The summed E-state index contributed by atoms with van der Waals surface area (Å²) in [4.78, 5) is 27.0. The molecule has 2 N–H and O–H groups in total. The van der Waals surface area contributed by atoms with Crippen molar-refractivity contribution >= 4 is 23.2 Å². The van der Waals surface area contributed by atoms with E-state index in [0.717, 1.165) is 31.1 Å². The van der Waals surface area contributed by atoms with Crippen molar-refractivity contribution in [1.29, 1.82) is 0 Å². The Labute approximate surface area is 151 Å². The third kappa shape index (κ3) is 4.97. The summed E-state index contributed by atoms with van der Waals surface area (Å²) in [5, 5.41) is 5.65. The Morgan fingerprint density at radius 2 is 1.72 bits per heavy atom. The zero-order valence-electron chi connectivity index (χ0n) is 15.9. The van der Waals surface area contributed by atoms with Gasteiger partial charge in [-0.1, -0.05) is 13.8 Å². The normalized spacial score (nSPS) is 15.8. The van der Waals surface area contributed by atoms with Crippen molar-refractivity contribution in [2.45, 2.75) is 47.0 Å². The molecule has 0 spiro atoms. The van der Waals surface area contributed by atoms with E-state index in [0.29, 0.717) is 6.54 Å². The van der Waals surface area contributed by atoms with Gasteiger partial charge in [-0.25, -0.2) is 0 Å². The van der Waals surface area contributed by atoms with E-state index in [1.165, 1.54) is 18.5 Å². The lowest BCUT2D eigenvalue weighted by Gasteiger charge is -2.32. The van der Waals surface area contributed by atoms with Crippen LogP contribution in [0.4, 0.5) is 11.4 Å². The van der Waals surface area contributed by atoms with E-state index >= 15 is 0 Å². The molecule has 0 atom stereocenters. The minimum absolute atomic E-state index is 0.245. The highest BCUT2D eigenvalue weighted by molar-refractivity contribution is 6.09. The van der Waals surface area contributed by atoms with Gasteiger partial charge in [-0.2, -0.15) is 0 Å². The predicted octanol–water partition coefficient (Wildman–Crippen LogP) is 3.41. The average Bonchev–Trinajstić information content (AvgIpc) is 2.61. The van der Waals surface area contributed by atoms with Crippen LogP contribution in [0.15, 0.2) is 24.3 Å². The number of piperidine rings is 1. The highest BCUT2D eigenvalue weighted by Crippen LogP contribution is 2.25. The number of carbonyl (C=O) groups is 2. The van der Waals surface area contributed by atoms with E-state index < -0.39 is 5.41 Å². The Kier molecular flexibility index (Phi) is 6.45. The van der Waals surface area contributed by atoms with Gasteiger partial charge < -0.3 is 15.5 Å². The van der Waals surface area contributed by atoms with Crippen molar-refractivity contribution < 1.29 is 9.59 Å². The molecule has 5 nitrogen and oxygen atoms in total. The topological polar surface area (TPSA) is 61.4 Å². The number of hydrogen-bond acceptors (Lipinski definition) is 3. The first-order valence-corrected chi connectivity index (χ1v) is 9.29. The Balaban J connectivity index is 1.96. The fourth-order valence-corrected chi connectivity index (χ4v) is 2.87. The predicted molar refractivity (Wildman–Crippen MR) is 103 cm³/mol. The van der Waals surface area contributed by atoms with E-state index in [9.17, 15) is 9.59 Å². The third-order valence-corrected chi connectivity index (χ3v) is 4.94. The highest BCUT2D eigenvalue weighted by Gasteiger charge is 2.35. The third-order valence-electron chi connectivity index (χ3n) is 4.94. The molecule has 1 aliphatic rings. The number of nitrogens with zero attached hydrogens (tertiary/aromatic N) is 1. The summed E-state index contributed by atoms with van der Waals surface area (Å²) < 4.78 is 0. The van der Waals surface area contributed by atoms with Gasteiger partial charge in [-0.05, 0) is 63.3 Å². The van der Waals surface area contributed by atoms with Crippen LogP contribution in [0.2, 0.25) is 0 Å². The van der Waals surface area contributed by atoms with Gasteiger partial charge in [0.1, 0.15) is 5.41 Å². The second kappa shape index (κ2) is 8.37. The fraction of sp³-hybridized carbons (Fsp3) is 0.600. The molecule has 25 heavy (non-hydrogen) atoms. The van der Waals surface area contributed by atoms with E-state index in [4.69, 9.17) is 0 Å². The summed E-state index contributed by atoms with van der Waals surface area (Å²) in [6, 6.07) is 7.89. The van der Waals surface area contributed by atoms with Gasteiger partial charge in [-0.15, -0.1) is 0 Å². The van der Waals surface area contributed by atoms with Crippen LogP contribution in [-0.4, -0.2) is 31.4 Å². The van der Waals surface area contributed by atoms with E-state index in [-0.39, 0.29) is 11.8 Å². The summed E-state index contributed by atoms with van der Waals surface area (Å²) in [5.74, 6) is 0.266. The maximum Gasteiger partial charge on any atom is 0.239 e. The molecule has 1 fully saturated rings. The summed E-state index contributed by atoms with van der Waals surface area (Å²) in [5.41, 5.74) is 0.803. The zero-order chi connectivity index (χ0) is 18.4. The molecule has 0 bridgehead atoms. The smallest absolute Gasteiger partial charge is 0.239 e. The molecule has 0 aliphatic carbocycles. The maximum atomic E-state index is 12.5. The SMILES string of the molecule is CCCNC(=O)C(C)(C)C(=O)Nc1ccc(N2CCC(C)CC2)cc1. The van der Waals surface area contributed by atoms with Gasteiger partial charge >= 0.3 is 0 Å². The molecular weight excluding hydrogens is 314 g/mol. The molecule has 5 heteroatoms. The summed E-state index contributed by atoms with van der Waals surface area (Å²) in [6.07, 6.45) is 3.29. The standard InChI is InChI=1S/C20H31N3O2/c1-5-12-21-18(24)20(3,4)19(25)22-16-6-8-17(9-7-16)23-13-10-15(2)11-14-23/h6-9,15H,5,10-14H2,1-4H3,(H,21,24)(H,22,25). The molecular formula is C20H31N3O2. The van der Waals surface area contributed by atoms with Crippen LogP contribution in [0.5, 0.6) is 0 Å². The van der Waals surface area contributed by atoms with Crippen molar-refractivity contribution in [2.24, 2.45) is 11.3 Å².